The highest BCUT2D eigenvalue weighted by molar-refractivity contribution is 5.49. The van der Waals surface area contributed by atoms with E-state index in [9.17, 15) is 15.2 Å². The van der Waals surface area contributed by atoms with Crippen molar-refractivity contribution in [3.63, 3.8) is 0 Å². The predicted octanol–water partition coefficient (Wildman–Crippen LogP) is 1.73. The lowest BCUT2D eigenvalue weighted by Crippen LogP contribution is -2.26. The Morgan fingerprint density at radius 3 is 2.61 bits per heavy atom. The van der Waals surface area contributed by atoms with Gasteiger partial charge in [0, 0.05) is 30.9 Å². The second-order valence-electron chi connectivity index (χ2n) is 5.17. The Morgan fingerprint density at radius 1 is 1.30 bits per heavy atom. The van der Waals surface area contributed by atoms with Gasteiger partial charge in [-0.3, -0.25) is 9.36 Å². The van der Waals surface area contributed by atoms with Crippen molar-refractivity contribution in [1.29, 1.82) is 5.26 Å². The van der Waals surface area contributed by atoms with E-state index in [1.165, 1.54) is 0 Å². The normalized spacial score (nSPS) is 10.3. The van der Waals surface area contributed by atoms with Crippen molar-refractivity contribution < 1.29 is 10.2 Å². The number of anilines is 1. The van der Waals surface area contributed by atoms with E-state index >= 15 is 0 Å². The molecular weight excluding hydrogens is 294 g/mol. The van der Waals surface area contributed by atoms with E-state index in [0.717, 1.165) is 10.3 Å². The summed E-state index contributed by atoms with van der Waals surface area (Å²) in [7, 11) is 0. The van der Waals surface area contributed by atoms with Gasteiger partial charge in [0.05, 0.1) is 0 Å². The summed E-state index contributed by atoms with van der Waals surface area (Å²) in [5.41, 5.74) is 1.34. The van der Waals surface area contributed by atoms with Gasteiger partial charge in [0.15, 0.2) is 5.88 Å². The fourth-order valence-electron chi connectivity index (χ4n) is 2.40. The van der Waals surface area contributed by atoms with Crippen molar-refractivity contribution in [3.8, 4) is 11.9 Å². The van der Waals surface area contributed by atoms with Crippen molar-refractivity contribution >= 4 is 5.69 Å². The lowest BCUT2D eigenvalue weighted by atomic mass is 10.0. The second-order valence-corrected chi connectivity index (χ2v) is 5.17. The maximum Gasteiger partial charge on any atom is 0.271 e. The van der Waals surface area contributed by atoms with Crippen molar-refractivity contribution in [3.05, 3.63) is 57.4 Å². The first-order chi connectivity index (χ1) is 11.1. The summed E-state index contributed by atoms with van der Waals surface area (Å²) >= 11 is 0. The summed E-state index contributed by atoms with van der Waals surface area (Å²) in [6, 6.07) is 11.4. The van der Waals surface area contributed by atoms with Crippen LogP contribution in [0.25, 0.3) is 0 Å². The standard InChI is InChI=1S/C17H19N3O3/c1-12-14(10-18)16(22)20(8-5-9-21)17(23)15(12)11-19-13-6-3-2-4-7-13/h2-4,6-7,19,21,23H,5,8-9,11H2,1H3. The summed E-state index contributed by atoms with van der Waals surface area (Å²) in [6.07, 6.45) is 0.326. The molecule has 2 rings (SSSR count). The molecule has 0 aliphatic carbocycles. The molecule has 2 aromatic rings. The molecule has 1 aromatic heterocycles. The fraction of sp³-hybridized carbons (Fsp3) is 0.294. The Bertz CT molecular complexity index is 776. The van der Waals surface area contributed by atoms with E-state index in [1.54, 1.807) is 6.92 Å². The van der Waals surface area contributed by atoms with E-state index < -0.39 is 5.56 Å². The van der Waals surface area contributed by atoms with Crippen LogP contribution in [0.15, 0.2) is 35.1 Å². The lowest BCUT2D eigenvalue weighted by molar-refractivity contribution is 0.274. The molecule has 0 amide bonds. The molecule has 0 bridgehead atoms. The molecule has 0 aliphatic rings. The highest BCUT2D eigenvalue weighted by Crippen LogP contribution is 2.23. The smallest absolute Gasteiger partial charge is 0.271 e. The summed E-state index contributed by atoms with van der Waals surface area (Å²) in [4.78, 5) is 12.3. The molecule has 0 radical (unpaired) electrons. The Kier molecular flexibility index (Phi) is 5.39. The number of aliphatic hydroxyl groups excluding tert-OH is 1. The van der Waals surface area contributed by atoms with Crippen LogP contribution in [0.4, 0.5) is 5.69 Å². The third-order valence-electron chi connectivity index (χ3n) is 3.71. The summed E-state index contributed by atoms with van der Waals surface area (Å²) in [5, 5.41) is 31.7. The average Bonchev–Trinajstić information content (AvgIpc) is 2.56. The van der Waals surface area contributed by atoms with Gasteiger partial charge in [0.1, 0.15) is 11.6 Å². The minimum absolute atomic E-state index is 0.0191. The third-order valence-corrected chi connectivity index (χ3v) is 3.71. The number of pyridine rings is 1. The van der Waals surface area contributed by atoms with Gasteiger partial charge < -0.3 is 15.5 Å². The topological polar surface area (TPSA) is 98.3 Å². The van der Waals surface area contributed by atoms with Crippen LogP contribution >= 0.6 is 0 Å². The molecule has 120 valence electrons. The predicted molar refractivity (Wildman–Crippen MR) is 87.3 cm³/mol. The summed E-state index contributed by atoms with van der Waals surface area (Å²) in [5.74, 6) is -0.164. The first kappa shape index (κ1) is 16.6. The minimum Gasteiger partial charge on any atom is -0.494 e. The minimum atomic E-state index is -0.528. The van der Waals surface area contributed by atoms with Gasteiger partial charge in [-0.05, 0) is 31.0 Å². The van der Waals surface area contributed by atoms with Gasteiger partial charge in [-0.2, -0.15) is 5.26 Å². The van der Waals surface area contributed by atoms with Crippen LogP contribution in [0.1, 0.15) is 23.1 Å². The number of hydrogen-bond acceptors (Lipinski definition) is 5. The van der Waals surface area contributed by atoms with Gasteiger partial charge in [-0.15, -0.1) is 0 Å². The highest BCUT2D eigenvalue weighted by Gasteiger charge is 2.18. The number of aromatic hydroxyl groups is 1. The van der Waals surface area contributed by atoms with Crippen molar-refractivity contribution in [2.75, 3.05) is 11.9 Å². The zero-order valence-electron chi connectivity index (χ0n) is 12.9. The molecule has 6 heteroatoms. The monoisotopic (exact) mass is 313 g/mol. The van der Waals surface area contributed by atoms with Crippen LogP contribution in [0, 0.1) is 18.3 Å². The van der Waals surface area contributed by atoms with Crippen LogP contribution in [-0.4, -0.2) is 21.4 Å². The van der Waals surface area contributed by atoms with Crippen molar-refractivity contribution in [2.45, 2.75) is 26.4 Å². The van der Waals surface area contributed by atoms with Crippen LogP contribution < -0.4 is 10.9 Å². The Labute approximate surface area is 134 Å². The number of para-hydroxylation sites is 1. The number of nitriles is 1. The molecule has 0 fully saturated rings. The Hall–Kier alpha value is -2.78. The molecule has 0 unspecified atom stereocenters. The zero-order chi connectivity index (χ0) is 16.8. The molecule has 1 heterocycles. The second kappa shape index (κ2) is 7.47. The number of nitrogens with one attached hydrogen (secondary N) is 1. The van der Waals surface area contributed by atoms with Crippen LogP contribution in [0.5, 0.6) is 5.88 Å². The maximum absolute atomic E-state index is 12.3. The van der Waals surface area contributed by atoms with Crippen LogP contribution in [0.3, 0.4) is 0 Å². The van der Waals surface area contributed by atoms with E-state index in [0.29, 0.717) is 17.5 Å². The molecule has 0 saturated heterocycles. The van der Waals surface area contributed by atoms with Crippen LogP contribution in [-0.2, 0) is 13.1 Å². The maximum atomic E-state index is 12.3. The number of rotatable bonds is 6. The van der Waals surface area contributed by atoms with Crippen LogP contribution in [0.2, 0.25) is 0 Å². The number of aromatic nitrogens is 1. The van der Waals surface area contributed by atoms with E-state index in [-0.39, 0.29) is 31.1 Å². The van der Waals surface area contributed by atoms with E-state index in [4.69, 9.17) is 5.11 Å². The largest absolute Gasteiger partial charge is 0.494 e. The molecule has 0 saturated carbocycles. The SMILES string of the molecule is Cc1c(CNc2ccccc2)c(O)n(CCCO)c(=O)c1C#N. The third kappa shape index (κ3) is 3.52. The van der Waals surface area contributed by atoms with Gasteiger partial charge in [-0.25, -0.2) is 0 Å². The van der Waals surface area contributed by atoms with E-state index in [1.807, 2.05) is 36.4 Å². The van der Waals surface area contributed by atoms with Crippen molar-refractivity contribution in [2.24, 2.45) is 0 Å². The molecule has 1 aromatic carbocycles. The summed E-state index contributed by atoms with van der Waals surface area (Å²) in [6.45, 7) is 2.00. The molecule has 6 nitrogen and oxygen atoms in total. The first-order valence-corrected chi connectivity index (χ1v) is 7.35. The Morgan fingerprint density at radius 2 is 2.00 bits per heavy atom. The molecular formula is C17H19N3O3. The van der Waals surface area contributed by atoms with Gasteiger partial charge >= 0.3 is 0 Å². The van der Waals surface area contributed by atoms with Gasteiger partial charge in [0.2, 0.25) is 0 Å². The van der Waals surface area contributed by atoms with Crippen molar-refractivity contribution in [1.82, 2.24) is 4.57 Å². The first-order valence-electron chi connectivity index (χ1n) is 7.35. The number of benzene rings is 1. The van der Waals surface area contributed by atoms with Gasteiger partial charge in [0.25, 0.3) is 5.56 Å². The number of aliphatic hydroxyl groups is 1. The molecule has 0 spiro atoms. The van der Waals surface area contributed by atoms with E-state index in [2.05, 4.69) is 5.32 Å². The Balaban J connectivity index is 2.41. The molecule has 3 N–H and O–H groups in total. The number of nitrogens with zero attached hydrogens (tertiary/aromatic N) is 2. The number of hydrogen-bond donors (Lipinski definition) is 3. The molecule has 0 aliphatic heterocycles. The highest BCUT2D eigenvalue weighted by atomic mass is 16.3. The fourth-order valence-corrected chi connectivity index (χ4v) is 2.40. The lowest BCUT2D eigenvalue weighted by Gasteiger charge is -2.16. The average molecular weight is 313 g/mol. The molecule has 0 atom stereocenters. The summed E-state index contributed by atoms with van der Waals surface area (Å²) < 4.78 is 1.14. The zero-order valence-corrected chi connectivity index (χ0v) is 12.9. The van der Waals surface area contributed by atoms with Gasteiger partial charge in [-0.1, -0.05) is 18.2 Å². The quantitative estimate of drug-likeness (QED) is 0.754. The molecule has 23 heavy (non-hydrogen) atoms.